The number of fused-ring (bicyclic) bond motifs is 2. The van der Waals surface area contributed by atoms with Crippen LogP contribution in [0.1, 0.15) is 15.2 Å². The molecule has 3 nitrogen and oxygen atoms in total. The van der Waals surface area contributed by atoms with Crippen LogP contribution in [0.15, 0.2) is 42.5 Å². The Labute approximate surface area is 139 Å². The van der Waals surface area contributed by atoms with E-state index in [2.05, 4.69) is 10.3 Å². The number of hydrogen-bond donors (Lipinski definition) is 1. The first-order valence-electron chi connectivity index (χ1n) is 6.97. The van der Waals surface area contributed by atoms with Crippen molar-refractivity contribution in [2.24, 2.45) is 0 Å². The maximum atomic E-state index is 13.4. The van der Waals surface area contributed by atoms with E-state index in [9.17, 15) is 9.18 Å². The van der Waals surface area contributed by atoms with Gasteiger partial charge in [-0.15, -0.1) is 11.3 Å². The summed E-state index contributed by atoms with van der Waals surface area (Å²) >= 11 is 2.80. The number of thiazole rings is 1. The van der Waals surface area contributed by atoms with Crippen molar-refractivity contribution in [3.8, 4) is 0 Å². The second-order valence-corrected chi connectivity index (χ2v) is 7.22. The molecule has 23 heavy (non-hydrogen) atoms. The van der Waals surface area contributed by atoms with Gasteiger partial charge < -0.3 is 0 Å². The van der Waals surface area contributed by atoms with Gasteiger partial charge in [0.1, 0.15) is 5.82 Å². The zero-order valence-electron chi connectivity index (χ0n) is 12.1. The van der Waals surface area contributed by atoms with Gasteiger partial charge in [0.25, 0.3) is 5.91 Å². The lowest BCUT2D eigenvalue weighted by molar-refractivity contribution is 0.103. The molecular formula is C17H11FN2OS2. The summed E-state index contributed by atoms with van der Waals surface area (Å²) in [5.41, 5.74) is 1.66. The summed E-state index contributed by atoms with van der Waals surface area (Å²) in [6.07, 6.45) is 0. The molecule has 2 aromatic carbocycles. The summed E-state index contributed by atoms with van der Waals surface area (Å²) < 4.78 is 15.3. The Balaban J connectivity index is 1.70. The van der Waals surface area contributed by atoms with Crippen molar-refractivity contribution in [2.75, 3.05) is 5.32 Å². The molecule has 0 aliphatic heterocycles. The molecule has 4 aromatic rings. The van der Waals surface area contributed by atoms with Gasteiger partial charge >= 0.3 is 0 Å². The predicted octanol–water partition coefficient (Wildman–Crippen LogP) is 5.21. The Hall–Kier alpha value is -2.31. The molecule has 0 fully saturated rings. The molecule has 0 bridgehead atoms. The van der Waals surface area contributed by atoms with E-state index in [1.54, 1.807) is 6.07 Å². The van der Waals surface area contributed by atoms with E-state index in [-0.39, 0.29) is 11.7 Å². The van der Waals surface area contributed by atoms with Crippen LogP contribution in [0.25, 0.3) is 20.3 Å². The van der Waals surface area contributed by atoms with Gasteiger partial charge in [0.15, 0.2) is 5.13 Å². The number of carbonyl (C=O) groups excluding carboxylic acids is 1. The standard InChI is InChI=1S/C17H11FN2OS2/c1-9-11-8-10(18)6-7-13(11)22-15(9)16(21)20-17-19-12-4-2-3-5-14(12)23-17/h2-8H,1H3,(H,19,20,21). The molecule has 4 rings (SSSR count). The predicted molar refractivity (Wildman–Crippen MR) is 94.1 cm³/mol. The van der Waals surface area contributed by atoms with Crippen LogP contribution < -0.4 is 5.32 Å². The molecule has 2 aromatic heterocycles. The fourth-order valence-corrected chi connectivity index (χ4v) is 4.43. The zero-order chi connectivity index (χ0) is 16.0. The second kappa shape index (κ2) is 5.40. The van der Waals surface area contributed by atoms with Crippen molar-refractivity contribution in [2.45, 2.75) is 6.92 Å². The average molecular weight is 342 g/mol. The van der Waals surface area contributed by atoms with E-state index in [4.69, 9.17) is 0 Å². The molecule has 0 aliphatic rings. The smallest absolute Gasteiger partial charge is 0.267 e. The number of anilines is 1. The quantitative estimate of drug-likeness (QED) is 0.543. The molecule has 0 unspecified atom stereocenters. The average Bonchev–Trinajstić information content (AvgIpc) is 3.08. The topological polar surface area (TPSA) is 42.0 Å². The molecule has 114 valence electrons. The minimum Gasteiger partial charge on any atom is -0.297 e. The Morgan fingerprint density at radius 3 is 2.78 bits per heavy atom. The van der Waals surface area contributed by atoms with Crippen LogP contribution in [0.3, 0.4) is 0 Å². The summed E-state index contributed by atoms with van der Waals surface area (Å²) in [6.45, 7) is 1.84. The van der Waals surface area contributed by atoms with Crippen molar-refractivity contribution >= 4 is 54.0 Å². The van der Waals surface area contributed by atoms with E-state index in [1.807, 2.05) is 31.2 Å². The number of nitrogens with one attached hydrogen (secondary N) is 1. The van der Waals surface area contributed by atoms with Gasteiger partial charge in [-0.05, 0) is 48.2 Å². The third-order valence-corrected chi connectivity index (χ3v) is 5.84. The molecule has 0 saturated carbocycles. The van der Waals surface area contributed by atoms with E-state index in [1.165, 1.54) is 34.8 Å². The van der Waals surface area contributed by atoms with Crippen LogP contribution in [0, 0.1) is 12.7 Å². The molecule has 2 heterocycles. The van der Waals surface area contributed by atoms with E-state index in [0.29, 0.717) is 10.0 Å². The number of carbonyl (C=O) groups is 1. The largest absolute Gasteiger partial charge is 0.297 e. The fourth-order valence-electron chi connectivity index (χ4n) is 2.49. The molecule has 0 aliphatic carbocycles. The van der Waals surface area contributed by atoms with Crippen LogP contribution in [0.2, 0.25) is 0 Å². The Morgan fingerprint density at radius 2 is 1.96 bits per heavy atom. The molecular weight excluding hydrogens is 331 g/mol. The summed E-state index contributed by atoms with van der Waals surface area (Å²) in [6, 6.07) is 12.3. The summed E-state index contributed by atoms with van der Waals surface area (Å²) in [7, 11) is 0. The first kappa shape index (κ1) is 14.3. The number of thiophene rings is 1. The highest BCUT2D eigenvalue weighted by Gasteiger charge is 2.17. The Morgan fingerprint density at radius 1 is 1.13 bits per heavy atom. The van der Waals surface area contributed by atoms with Gasteiger partial charge in [0.2, 0.25) is 0 Å². The van der Waals surface area contributed by atoms with Crippen molar-refractivity contribution in [1.82, 2.24) is 4.98 Å². The summed E-state index contributed by atoms with van der Waals surface area (Å²) in [5.74, 6) is -0.500. The van der Waals surface area contributed by atoms with Gasteiger partial charge in [-0.1, -0.05) is 23.5 Å². The first-order chi connectivity index (χ1) is 11.1. The number of amides is 1. The molecule has 1 amide bonds. The number of aromatic nitrogens is 1. The minimum absolute atomic E-state index is 0.205. The van der Waals surface area contributed by atoms with E-state index < -0.39 is 0 Å². The summed E-state index contributed by atoms with van der Waals surface area (Å²) in [5, 5.41) is 4.20. The minimum atomic E-state index is -0.295. The van der Waals surface area contributed by atoms with Gasteiger partial charge in [-0.25, -0.2) is 9.37 Å². The van der Waals surface area contributed by atoms with E-state index in [0.717, 1.165) is 25.9 Å². The van der Waals surface area contributed by atoms with Crippen LogP contribution in [0.4, 0.5) is 9.52 Å². The summed E-state index contributed by atoms with van der Waals surface area (Å²) in [4.78, 5) is 17.5. The SMILES string of the molecule is Cc1c(C(=O)Nc2nc3ccccc3s2)sc2ccc(F)cc12. The number of rotatable bonds is 2. The van der Waals surface area contributed by atoms with E-state index >= 15 is 0 Å². The van der Waals surface area contributed by atoms with Crippen molar-refractivity contribution < 1.29 is 9.18 Å². The fraction of sp³-hybridized carbons (Fsp3) is 0.0588. The Kier molecular flexibility index (Phi) is 3.36. The van der Waals surface area contributed by atoms with Gasteiger partial charge in [-0.3, -0.25) is 10.1 Å². The van der Waals surface area contributed by atoms with Crippen molar-refractivity contribution in [1.29, 1.82) is 0 Å². The molecule has 0 spiro atoms. The lowest BCUT2D eigenvalue weighted by Gasteiger charge is -1.99. The van der Waals surface area contributed by atoms with Crippen molar-refractivity contribution in [3.05, 3.63) is 58.7 Å². The third-order valence-electron chi connectivity index (χ3n) is 3.62. The number of para-hydroxylation sites is 1. The highest BCUT2D eigenvalue weighted by molar-refractivity contribution is 7.23. The number of aryl methyl sites for hydroxylation is 1. The Bertz CT molecular complexity index is 1020. The monoisotopic (exact) mass is 342 g/mol. The van der Waals surface area contributed by atoms with Crippen LogP contribution >= 0.6 is 22.7 Å². The number of nitrogens with zero attached hydrogens (tertiary/aromatic N) is 1. The van der Waals surface area contributed by atoms with Gasteiger partial charge in [0.05, 0.1) is 15.1 Å². The molecule has 6 heteroatoms. The second-order valence-electron chi connectivity index (χ2n) is 5.14. The molecule has 0 atom stereocenters. The number of hydrogen-bond acceptors (Lipinski definition) is 4. The van der Waals surface area contributed by atoms with Crippen molar-refractivity contribution in [3.63, 3.8) is 0 Å². The lowest BCUT2D eigenvalue weighted by Crippen LogP contribution is -2.10. The highest BCUT2D eigenvalue weighted by atomic mass is 32.1. The highest BCUT2D eigenvalue weighted by Crippen LogP contribution is 2.32. The zero-order valence-corrected chi connectivity index (χ0v) is 13.7. The number of halogens is 1. The van der Waals surface area contributed by atoms with Crippen LogP contribution in [0.5, 0.6) is 0 Å². The first-order valence-corrected chi connectivity index (χ1v) is 8.61. The third kappa shape index (κ3) is 2.50. The molecule has 1 N–H and O–H groups in total. The van der Waals surface area contributed by atoms with Crippen LogP contribution in [-0.4, -0.2) is 10.9 Å². The normalized spacial score (nSPS) is 11.2. The maximum absolute atomic E-state index is 13.4. The lowest BCUT2D eigenvalue weighted by atomic mass is 10.1. The van der Waals surface area contributed by atoms with Gasteiger partial charge in [0, 0.05) is 4.70 Å². The molecule has 0 saturated heterocycles. The van der Waals surface area contributed by atoms with Gasteiger partial charge in [-0.2, -0.15) is 0 Å². The maximum Gasteiger partial charge on any atom is 0.267 e. The molecule has 0 radical (unpaired) electrons. The van der Waals surface area contributed by atoms with Crippen LogP contribution in [-0.2, 0) is 0 Å². The number of benzene rings is 2.